The lowest BCUT2D eigenvalue weighted by atomic mass is 10.2. The van der Waals surface area contributed by atoms with Crippen molar-refractivity contribution in [1.82, 2.24) is 15.0 Å². The largest absolute Gasteiger partial charge is 0.390 e. The summed E-state index contributed by atoms with van der Waals surface area (Å²) in [6.07, 6.45) is 3.25. The number of aliphatic hydroxyl groups excluding tert-OH is 1. The number of nitrogens with one attached hydrogen (secondary N) is 1. The van der Waals surface area contributed by atoms with Gasteiger partial charge in [0.2, 0.25) is 0 Å². The van der Waals surface area contributed by atoms with Gasteiger partial charge in [0.05, 0.1) is 17.8 Å². The highest BCUT2D eigenvalue weighted by Gasteiger charge is 2.04. The van der Waals surface area contributed by atoms with Gasteiger partial charge in [-0.1, -0.05) is 13.3 Å². The van der Waals surface area contributed by atoms with E-state index in [0.717, 1.165) is 30.6 Å². The highest BCUT2D eigenvalue weighted by atomic mass is 16.3. The first kappa shape index (κ1) is 10.1. The molecule has 0 aliphatic carbocycles. The molecule has 2 aromatic heterocycles. The summed E-state index contributed by atoms with van der Waals surface area (Å²) >= 11 is 0. The topological polar surface area (TPSA) is 61.8 Å². The molecular weight excluding hydrogens is 190 g/mol. The van der Waals surface area contributed by atoms with Crippen LogP contribution in [0.3, 0.4) is 0 Å². The third kappa shape index (κ3) is 2.15. The lowest BCUT2D eigenvalue weighted by Gasteiger charge is -1.92. The molecule has 4 nitrogen and oxygen atoms in total. The second-order valence-corrected chi connectivity index (χ2v) is 3.62. The first-order valence-corrected chi connectivity index (χ1v) is 5.29. The number of hydrogen-bond donors (Lipinski definition) is 2. The molecule has 80 valence electrons. The number of unbranched alkanes of at least 4 members (excludes halogenated alkanes) is 1. The smallest absolute Gasteiger partial charge is 0.178 e. The Kier molecular flexibility index (Phi) is 2.97. The fourth-order valence-corrected chi connectivity index (χ4v) is 1.53. The molecule has 2 rings (SSSR count). The molecule has 0 aromatic carbocycles. The van der Waals surface area contributed by atoms with Gasteiger partial charge < -0.3 is 10.1 Å². The molecule has 15 heavy (non-hydrogen) atoms. The molecule has 0 amide bonds. The number of imidazole rings is 1. The van der Waals surface area contributed by atoms with Crippen LogP contribution in [0.15, 0.2) is 12.1 Å². The number of fused-ring (bicyclic) bond motifs is 1. The van der Waals surface area contributed by atoms with Crippen LogP contribution in [0.2, 0.25) is 0 Å². The van der Waals surface area contributed by atoms with Gasteiger partial charge in [0.1, 0.15) is 5.82 Å². The molecule has 0 atom stereocenters. The SMILES string of the molecule is CCCCc1nc2nc(CO)ccc2[nH]1. The van der Waals surface area contributed by atoms with Crippen molar-refractivity contribution in [2.24, 2.45) is 0 Å². The second-order valence-electron chi connectivity index (χ2n) is 3.62. The minimum Gasteiger partial charge on any atom is -0.390 e. The van der Waals surface area contributed by atoms with E-state index in [2.05, 4.69) is 21.9 Å². The maximum Gasteiger partial charge on any atom is 0.178 e. The van der Waals surface area contributed by atoms with E-state index < -0.39 is 0 Å². The summed E-state index contributed by atoms with van der Waals surface area (Å²) in [4.78, 5) is 11.8. The fourth-order valence-electron chi connectivity index (χ4n) is 1.53. The maximum atomic E-state index is 8.94. The number of nitrogens with zero attached hydrogens (tertiary/aromatic N) is 2. The van der Waals surface area contributed by atoms with Crippen LogP contribution in [0.1, 0.15) is 31.3 Å². The number of pyridine rings is 1. The predicted molar refractivity (Wildman–Crippen MR) is 58.4 cm³/mol. The Morgan fingerprint density at radius 3 is 2.93 bits per heavy atom. The van der Waals surface area contributed by atoms with Gasteiger partial charge in [0, 0.05) is 6.42 Å². The lowest BCUT2D eigenvalue weighted by Crippen LogP contribution is -1.88. The molecule has 0 fully saturated rings. The molecule has 0 aliphatic rings. The van der Waals surface area contributed by atoms with Crippen LogP contribution in [0.5, 0.6) is 0 Å². The second kappa shape index (κ2) is 4.40. The summed E-state index contributed by atoms with van der Waals surface area (Å²) in [6.45, 7) is 2.12. The zero-order valence-corrected chi connectivity index (χ0v) is 8.82. The van der Waals surface area contributed by atoms with E-state index in [9.17, 15) is 0 Å². The number of aliphatic hydroxyl groups is 1. The molecule has 2 heterocycles. The van der Waals surface area contributed by atoms with Crippen molar-refractivity contribution < 1.29 is 5.11 Å². The Hall–Kier alpha value is -1.42. The van der Waals surface area contributed by atoms with Gasteiger partial charge in [0.15, 0.2) is 5.65 Å². The Labute approximate surface area is 88.4 Å². The van der Waals surface area contributed by atoms with E-state index in [0.29, 0.717) is 11.3 Å². The Bertz CT molecular complexity index is 450. The normalized spacial score (nSPS) is 11.1. The van der Waals surface area contributed by atoms with Crippen molar-refractivity contribution in [1.29, 1.82) is 0 Å². The standard InChI is InChI=1S/C11H15N3O/c1-2-3-4-10-13-9-6-5-8(7-15)12-11(9)14-10/h5-6,15H,2-4,7H2,1H3,(H,12,13,14). The Morgan fingerprint density at radius 1 is 1.33 bits per heavy atom. The van der Waals surface area contributed by atoms with E-state index in [4.69, 9.17) is 5.11 Å². The van der Waals surface area contributed by atoms with Crippen LogP contribution in [0.25, 0.3) is 11.2 Å². The van der Waals surface area contributed by atoms with Crippen molar-refractivity contribution in [3.8, 4) is 0 Å². The average molecular weight is 205 g/mol. The zero-order chi connectivity index (χ0) is 10.7. The summed E-state index contributed by atoms with van der Waals surface area (Å²) in [5.74, 6) is 0.981. The number of hydrogen-bond acceptors (Lipinski definition) is 3. The molecule has 0 radical (unpaired) electrons. The van der Waals surface area contributed by atoms with E-state index in [1.165, 1.54) is 0 Å². The van der Waals surface area contributed by atoms with E-state index in [-0.39, 0.29) is 6.61 Å². The molecule has 2 aromatic rings. The summed E-state index contributed by atoms with van der Waals surface area (Å²) in [7, 11) is 0. The summed E-state index contributed by atoms with van der Waals surface area (Å²) in [5.41, 5.74) is 2.31. The number of rotatable bonds is 4. The van der Waals surface area contributed by atoms with E-state index in [1.807, 2.05) is 12.1 Å². The molecule has 0 aliphatic heterocycles. The predicted octanol–water partition coefficient (Wildman–Crippen LogP) is 1.79. The molecule has 0 bridgehead atoms. The lowest BCUT2D eigenvalue weighted by molar-refractivity contribution is 0.277. The van der Waals surface area contributed by atoms with Gasteiger partial charge in [-0.15, -0.1) is 0 Å². The first-order chi connectivity index (χ1) is 7.33. The number of H-pyrrole nitrogens is 1. The first-order valence-electron chi connectivity index (χ1n) is 5.29. The van der Waals surface area contributed by atoms with Crippen molar-refractivity contribution in [2.45, 2.75) is 32.8 Å². The molecule has 0 unspecified atom stereocenters. The molecule has 0 saturated carbocycles. The molecule has 2 N–H and O–H groups in total. The summed E-state index contributed by atoms with van der Waals surface area (Å²) in [6, 6.07) is 3.72. The number of aryl methyl sites for hydroxylation is 1. The quantitative estimate of drug-likeness (QED) is 0.800. The highest BCUT2D eigenvalue weighted by Crippen LogP contribution is 2.11. The van der Waals surface area contributed by atoms with Crippen molar-refractivity contribution in [3.63, 3.8) is 0 Å². The molecule has 0 spiro atoms. The van der Waals surface area contributed by atoms with Crippen LogP contribution >= 0.6 is 0 Å². The van der Waals surface area contributed by atoms with Crippen LogP contribution in [-0.4, -0.2) is 20.1 Å². The third-order valence-corrected chi connectivity index (χ3v) is 2.38. The van der Waals surface area contributed by atoms with Gasteiger partial charge in [-0.25, -0.2) is 9.97 Å². The summed E-state index contributed by atoms with van der Waals surface area (Å²) < 4.78 is 0. The van der Waals surface area contributed by atoms with Gasteiger partial charge in [0.25, 0.3) is 0 Å². The third-order valence-electron chi connectivity index (χ3n) is 2.38. The monoisotopic (exact) mass is 205 g/mol. The van der Waals surface area contributed by atoms with Crippen LogP contribution < -0.4 is 0 Å². The van der Waals surface area contributed by atoms with Gasteiger partial charge in [-0.2, -0.15) is 0 Å². The van der Waals surface area contributed by atoms with Crippen molar-refractivity contribution in [2.75, 3.05) is 0 Å². The Morgan fingerprint density at radius 2 is 2.20 bits per heavy atom. The molecule has 0 saturated heterocycles. The Balaban J connectivity index is 2.29. The van der Waals surface area contributed by atoms with Crippen LogP contribution in [0.4, 0.5) is 0 Å². The van der Waals surface area contributed by atoms with Crippen molar-refractivity contribution in [3.05, 3.63) is 23.7 Å². The van der Waals surface area contributed by atoms with Crippen LogP contribution in [-0.2, 0) is 13.0 Å². The average Bonchev–Trinajstić information content (AvgIpc) is 2.67. The number of aromatic amines is 1. The highest BCUT2D eigenvalue weighted by molar-refractivity contribution is 5.70. The van der Waals surface area contributed by atoms with Crippen molar-refractivity contribution >= 4 is 11.2 Å². The van der Waals surface area contributed by atoms with Gasteiger partial charge in [-0.3, -0.25) is 0 Å². The molecule has 4 heteroatoms. The molecular formula is C11H15N3O. The minimum absolute atomic E-state index is 0.0346. The maximum absolute atomic E-state index is 8.94. The van der Waals surface area contributed by atoms with Crippen LogP contribution in [0, 0.1) is 0 Å². The van der Waals surface area contributed by atoms with Gasteiger partial charge >= 0.3 is 0 Å². The van der Waals surface area contributed by atoms with E-state index >= 15 is 0 Å². The van der Waals surface area contributed by atoms with E-state index in [1.54, 1.807) is 0 Å². The van der Waals surface area contributed by atoms with Gasteiger partial charge in [-0.05, 0) is 18.6 Å². The summed E-state index contributed by atoms with van der Waals surface area (Å²) in [5, 5.41) is 8.94. The number of aromatic nitrogens is 3. The zero-order valence-electron chi connectivity index (χ0n) is 8.82. The fraction of sp³-hybridized carbons (Fsp3) is 0.455. The minimum atomic E-state index is -0.0346.